The Morgan fingerprint density at radius 3 is 2.30 bits per heavy atom. The van der Waals surface area contributed by atoms with Crippen LogP contribution < -0.4 is 32.3 Å². The molecule has 0 aromatic carbocycles. The van der Waals surface area contributed by atoms with E-state index in [1.54, 1.807) is 19.1 Å². The molecule has 0 saturated heterocycles. The van der Waals surface area contributed by atoms with E-state index in [4.69, 9.17) is 5.73 Å². The van der Waals surface area contributed by atoms with Gasteiger partial charge in [0.2, 0.25) is 23.6 Å². The Kier molecular flexibility index (Phi) is 18.6. The molecule has 226 valence electrons. The molecule has 0 aromatic rings. The first-order valence-electron chi connectivity index (χ1n) is 14.8. The molecule has 0 saturated carbocycles. The summed E-state index contributed by atoms with van der Waals surface area (Å²) in [6.45, 7) is 4.76. The molecule has 40 heavy (non-hydrogen) atoms. The highest BCUT2D eigenvalue weighted by Crippen LogP contribution is 2.10. The molecular weight excluding hydrogens is 512 g/mol. The van der Waals surface area contributed by atoms with E-state index in [1.807, 2.05) is 0 Å². The number of primary amides is 1. The van der Waals surface area contributed by atoms with Crippen molar-refractivity contribution in [1.29, 1.82) is 0 Å². The highest BCUT2D eigenvalue weighted by molar-refractivity contribution is 5.93. The van der Waals surface area contributed by atoms with Crippen LogP contribution in [0.1, 0.15) is 97.3 Å². The smallest absolute Gasteiger partial charge is 0.315 e. The molecule has 7 N–H and O–H groups in total. The maximum absolute atomic E-state index is 13.1. The van der Waals surface area contributed by atoms with Crippen LogP contribution in [0.25, 0.3) is 0 Å². The second-order valence-electron chi connectivity index (χ2n) is 10.3. The largest absolute Gasteiger partial charge is 0.370 e. The topological polar surface area (TPSA) is 172 Å². The molecule has 0 spiro atoms. The van der Waals surface area contributed by atoms with Gasteiger partial charge in [0.05, 0.1) is 0 Å². The predicted octanol–water partition coefficient (Wildman–Crippen LogP) is 2.46. The van der Waals surface area contributed by atoms with E-state index in [9.17, 15) is 24.0 Å². The molecule has 6 amide bonds. The number of nitrogens with one attached hydrogen (secondary N) is 5. The molecule has 1 unspecified atom stereocenters. The SMILES string of the molecule is CCCCCCCCCCCCNC(=O)NC(CCC(N)=O)C(=O)N[C@H]1/C=C/CCNC(=O)/C=C/[C@H](C)NC1=O. The fraction of sp³-hybridized carbons (Fsp3) is 0.690. The summed E-state index contributed by atoms with van der Waals surface area (Å²) < 4.78 is 0. The van der Waals surface area contributed by atoms with Crippen LogP contribution in [0.4, 0.5) is 4.79 Å². The molecule has 1 aliphatic rings. The standard InChI is InChI=1S/C29H50N6O5/c1-3-4-5-6-7-8-9-10-11-13-21-32-29(40)35-24(17-18-25(30)36)28(39)34-23-15-12-14-20-31-26(37)19-16-22(2)33-27(23)38/h12,15-16,19,22-24H,3-11,13-14,17-18,20-21H2,1-2H3,(H2,30,36)(H,31,37)(H,33,38)(H,34,39)(H2,32,35,40)/b15-12+,19-16+/t22-,23-,24?/m0/s1. The predicted molar refractivity (Wildman–Crippen MR) is 156 cm³/mol. The molecule has 3 atom stereocenters. The summed E-state index contributed by atoms with van der Waals surface area (Å²) in [7, 11) is 0. The number of urea groups is 1. The van der Waals surface area contributed by atoms with Gasteiger partial charge in [0.25, 0.3) is 0 Å². The Hall–Kier alpha value is -3.37. The van der Waals surface area contributed by atoms with Gasteiger partial charge in [-0.2, -0.15) is 0 Å². The fourth-order valence-corrected chi connectivity index (χ4v) is 4.20. The summed E-state index contributed by atoms with van der Waals surface area (Å²) in [6, 6.07) is -3.04. The minimum atomic E-state index is -1.06. The van der Waals surface area contributed by atoms with E-state index in [1.165, 1.54) is 57.1 Å². The number of hydrogen-bond donors (Lipinski definition) is 6. The Balaban J connectivity index is 2.57. The lowest BCUT2D eigenvalue weighted by atomic mass is 10.1. The molecule has 0 radical (unpaired) electrons. The first kappa shape index (κ1) is 34.7. The van der Waals surface area contributed by atoms with Crippen molar-refractivity contribution in [2.24, 2.45) is 5.73 Å². The van der Waals surface area contributed by atoms with Gasteiger partial charge in [-0.25, -0.2) is 4.79 Å². The van der Waals surface area contributed by atoms with Gasteiger partial charge in [-0.1, -0.05) is 82.9 Å². The van der Waals surface area contributed by atoms with Gasteiger partial charge in [0.1, 0.15) is 12.1 Å². The minimum absolute atomic E-state index is 0.00390. The zero-order chi connectivity index (χ0) is 29.6. The van der Waals surface area contributed by atoms with Gasteiger partial charge in [0.15, 0.2) is 0 Å². The van der Waals surface area contributed by atoms with Crippen LogP contribution in [0, 0.1) is 0 Å². The highest BCUT2D eigenvalue weighted by atomic mass is 16.2. The Morgan fingerprint density at radius 1 is 1.00 bits per heavy atom. The van der Waals surface area contributed by atoms with Crippen LogP contribution in [0.2, 0.25) is 0 Å². The van der Waals surface area contributed by atoms with Crippen LogP contribution in [-0.4, -0.2) is 60.9 Å². The second kappa shape index (κ2) is 21.5. The first-order chi connectivity index (χ1) is 19.2. The number of hydrogen-bond acceptors (Lipinski definition) is 5. The van der Waals surface area contributed by atoms with Crippen molar-refractivity contribution < 1.29 is 24.0 Å². The molecule has 1 heterocycles. The number of rotatable bonds is 17. The number of unbranched alkanes of at least 4 members (excludes halogenated alkanes) is 9. The zero-order valence-electron chi connectivity index (χ0n) is 24.3. The molecule has 1 rings (SSSR count). The quantitative estimate of drug-likeness (QED) is 0.118. The summed E-state index contributed by atoms with van der Waals surface area (Å²) >= 11 is 0. The molecule has 0 bridgehead atoms. The Labute approximate surface area is 238 Å². The van der Waals surface area contributed by atoms with Gasteiger partial charge >= 0.3 is 6.03 Å². The van der Waals surface area contributed by atoms with Crippen molar-refractivity contribution in [1.82, 2.24) is 26.6 Å². The molecule has 0 fully saturated rings. The summed E-state index contributed by atoms with van der Waals surface area (Å²) in [6.07, 6.45) is 18.3. The number of amides is 6. The average Bonchev–Trinajstić information content (AvgIpc) is 2.91. The van der Waals surface area contributed by atoms with Gasteiger partial charge in [-0.15, -0.1) is 0 Å². The van der Waals surface area contributed by atoms with E-state index in [0.29, 0.717) is 19.5 Å². The third kappa shape index (κ3) is 17.3. The van der Waals surface area contributed by atoms with Gasteiger partial charge in [-0.3, -0.25) is 19.2 Å². The van der Waals surface area contributed by atoms with Crippen LogP contribution in [-0.2, 0) is 19.2 Å². The third-order valence-corrected chi connectivity index (χ3v) is 6.54. The van der Waals surface area contributed by atoms with Gasteiger partial charge < -0.3 is 32.3 Å². The van der Waals surface area contributed by atoms with Crippen molar-refractivity contribution in [2.75, 3.05) is 13.1 Å². The van der Waals surface area contributed by atoms with E-state index < -0.39 is 41.9 Å². The molecule has 11 nitrogen and oxygen atoms in total. The van der Waals surface area contributed by atoms with Crippen molar-refractivity contribution in [2.45, 2.75) is 115 Å². The van der Waals surface area contributed by atoms with Crippen LogP contribution in [0.3, 0.4) is 0 Å². The normalized spacial score (nSPS) is 20.1. The molecular formula is C29H50N6O5. The van der Waals surface area contributed by atoms with Crippen molar-refractivity contribution >= 4 is 29.7 Å². The monoisotopic (exact) mass is 562 g/mol. The Morgan fingerprint density at radius 2 is 1.65 bits per heavy atom. The summed E-state index contributed by atoms with van der Waals surface area (Å²) in [5, 5.41) is 13.5. The maximum Gasteiger partial charge on any atom is 0.315 e. The lowest BCUT2D eigenvalue weighted by Gasteiger charge is -2.22. The third-order valence-electron chi connectivity index (χ3n) is 6.54. The van der Waals surface area contributed by atoms with Crippen molar-refractivity contribution in [3.8, 4) is 0 Å². The fourth-order valence-electron chi connectivity index (χ4n) is 4.20. The van der Waals surface area contributed by atoms with E-state index in [0.717, 1.165) is 19.3 Å². The van der Waals surface area contributed by atoms with E-state index in [-0.39, 0.29) is 18.7 Å². The first-order valence-corrected chi connectivity index (χ1v) is 14.8. The minimum Gasteiger partial charge on any atom is -0.370 e. The van der Waals surface area contributed by atoms with Crippen molar-refractivity contribution in [3.63, 3.8) is 0 Å². The number of carbonyl (C=O) groups excluding carboxylic acids is 5. The van der Waals surface area contributed by atoms with Crippen LogP contribution >= 0.6 is 0 Å². The van der Waals surface area contributed by atoms with Crippen molar-refractivity contribution in [3.05, 3.63) is 24.3 Å². The molecule has 11 heteroatoms. The van der Waals surface area contributed by atoms with Gasteiger partial charge in [-0.05, 0) is 26.2 Å². The summed E-state index contributed by atoms with van der Waals surface area (Å²) in [5.41, 5.74) is 5.27. The van der Waals surface area contributed by atoms with Gasteiger partial charge in [0, 0.05) is 31.6 Å². The van der Waals surface area contributed by atoms with E-state index >= 15 is 0 Å². The number of carbonyl (C=O) groups is 5. The highest BCUT2D eigenvalue weighted by Gasteiger charge is 2.26. The second-order valence-corrected chi connectivity index (χ2v) is 10.3. The van der Waals surface area contributed by atoms with Crippen LogP contribution in [0.15, 0.2) is 24.3 Å². The lowest BCUT2D eigenvalue weighted by molar-refractivity contribution is -0.129. The molecule has 0 aromatic heterocycles. The Bertz CT molecular complexity index is 860. The molecule has 0 aliphatic carbocycles. The summed E-state index contributed by atoms with van der Waals surface area (Å²) in [5.74, 6) is -1.93. The van der Waals surface area contributed by atoms with E-state index in [2.05, 4.69) is 33.5 Å². The molecule has 1 aliphatic heterocycles. The maximum atomic E-state index is 13.1. The van der Waals surface area contributed by atoms with Crippen LogP contribution in [0.5, 0.6) is 0 Å². The number of nitrogens with two attached hydrogens (primary N) is 1. The zero-order valence-corrected chi connectivity index (χ0v) is 24.3. The average molecular weight is 563 g/mol. The lowest BCUT2D eigenvalue weighted by Crippen LogP contribution is -2.55. The summed E-state index contributed by atoms with van der Waals surface area (Å²) in [4.78, 5) is 61.5.